The Labute approximate surface area is 98.8 Å². The Kier molecular flexibility index (Phi) is 3.89. The third kappa shape index (κ3) is 3.23. The zero-order valence-corrected chi connectivity index (χ0v) is 10.1. The van der Waals surface area contributed by atoms with Gasteiger partial charge in [0, 0.05) is 20.2 Å². The number of amides is 1. The monoisotopic (exact) mass is 243 g/mol. The molecule has 0 unspecified atom stereocenters. The van der Waals surface area contributed by atoms with Crippen LogP contribution in [0.2, 0.25) is 5.15 Å². The van der Waals surface area contributed by atoms with E-state index in [1.54, 1.807) is 21.0 Å². The van der Waals surface area contributed by atoms with Gasteiger partial charge in [-0.25, -0.2) is 4.98 Å². The number of halogens is 1. The number of nitrogen functional groups attached to an aromatic ring is 1. The van der Waals surface area contributed by atoms with Crippen LogP contribution in [0.3, 0.4) is 0 Å². The molecule has 88 valence electrons. The van der Waals surface area contributed by atoms with Crippen molar-refractivity contribution < 1.29 is 4.79 Å². The van der Waals surface area contributed by atoms with Gasteiger partial charge in [0.15, 0.2) is 0 Å². The maximum Gasteiger partial charge on any atom is 0.244 e. The number of aromatic nitrogens is 2. The van der Waals surface area contributed by atoms with Crippen molar-refractivity contribution in [1.29, 1.82) is 0 Å². The number of nitrogens with one attached hydrogen (secondary N) is 1. The molecule has 0 aromatic carbocycles. The van der Waals surface area contributed by atoms with Gasteiger partial charge < -0.3 is 16.0 Å². The molecular formula is C9H14ClN5O. The van der Waals surface area contributed by atoms with Crippen LogP contribution in [0.5, 0.6) is 0 Å². The largest absolute Gasteiger partial charge is 0.368 e. The van der Waals surface area contributed by atoms with Crippen molar-refractivity contribution in [2.45, 2.75) is 13.0 Å². The molecule has 1 aromatic heterocycles. The van der Waals surface area contributed by atoms with Crippen molar-refractivity contribution >= 4 is 29.3 Å². The molecule has 16 heavy (non-hydrogen) atoms. The molecule has 0 aliphatic carbocycles. The minimum atomic E-state index is -0.402. The Bertz CT molecular complexity index is 375. The van der Waals surface area contributed by atoms with Gasteiger partial charge in [-0.3, -0.25) is 4.79 Å². The third-order valence-electron chi connectivity index (χ3n) is 1.89. The van der Waals surface area contributed by atoms with Crippen LogP contribution < -0.4 is 11.1 Å². The fourth-order valence-electron chi connectivity index (χ4n) is 1.18. The van der Waals surface area contributed by atoms with Gasteiger partial charge in [0.2, 0.25) is 11.9 Å². The predicted octanol–water partition coefficient (Wildman–Crippen LogP) is 0.601. The highest BCUT2D eigenvalue weighted by Gasteiger charge is 2.15. The van der Waals surface area contributed by atoms with E-state index < -0.39 is 6.04 Å². The van der Waals surface area contributed by atoms with Crippen molar-refractivity contribution in [2.75, 3.05) is 25.1 Å². The molecule has 1 atom stereocenters. The minimum Gasteiger partial charge on any atom is -0.368 e. The Morgan fingerprint density at radius 2 is 2.19 bits per heavy atom. The summed E-state index contributed by atoms with van der Waals surface area (Å²) in [5, 5.41) is 3.13. The highest BCUT2D eigenvalue weighted by atomic mass is 35.5. The molecule has 1 heterocycles. The smallest absolute Gasteiger partial charge is 0.244 e. The molecule has 7 heteroatoms. The van der Waals surface area contributed by atoms with E-state index in [1.807, 2.05) is 0 Å². The van der Waals surface area contributed by atoms with Crippen molar-refractivity contribution in [3.05, 3.63) is 11.2 Å². The second-order valence-electron chi connectivity index (χ2n) is 3.53. The van der Waals surface area contributed by atoms with Crippen LogP contribution in [0.25, 0.3) is 0 Å². The Hall–Kier alpha value is -1.56. The van der Waals surface area contributed by atoms with Crippen LogP contribution in [-0.4, -0.2) is 40.9 Å². The lowest BCUT2D eigenvalue weighted by molar-refractivity contribution is -0.129. The number of hydrogen-bond donors (Lipinski definition) is 2. The Morgan fingerprint density at radius 1 is 1.56 bits per heavy atom. The van der Waals surface area contributed by atoms with Crippen LogP contribution >= 0.6 is 11.6 Å². The van der Waals surface area contributed by atoms with Gasteiger partial charge in [-0.2, -0.15) is 4.98 Å². The minimum absolute atomic E-state index is 0.0618. The van der Waals surface area contributed by atoms with Gasteiger partial charge in [0.25, 0.3) is 0 Å². The standard InChI is InChI=1S/C9H14ClN5O/c1-5(8(16)15(2)3)12-7-4-6(10)13-9(11)14-7/h4-5H,1-3H3,(H3,11,12,13,14)/t5-/m0/s1. The predicted molar refractivity (Wildman–Crippen MR) is 63.2 cm³/mol. The average Bonchev–Trinajstić information content (AvgIpc) is 2.14. The summed E-state index contributed by atoms with van der Waals surface area (Å²) in [5.74, 6) is 0.438. The molecule has 1 aromatic rings. The van der Waals surface area contributed by atoms with Crippen LogP contribution in [-0.2, 0) is 4.79 Å². The van der Waals surface area contributed by atoms with Crippen LogP contribution in [0.1, 0.15) is 6.92 Å². The first-order chi connectivity index (χ1) is 7.40. The Balaban J connectivity index is 2.76. The summed E-state index contributed by atoms with van der Waals surface area (Å²) in [7, 11) is 3.36. The van der Waals surface area contributed by atoms with E-state index in [1.165, 1.54) is 11.0 Å². The van der Waals surface area contributed by atoms with Gasteiger partial charge in [-0.05, 0) is 6.92 Å². The molecule has 0 aliphatic heterocycles. The zero-order valence-electron chi connectivity index (χ0n) is 9.36. The Morgan fingerprint density at radius 3 is 2.69 bits per heavy atom. The van der Waals surface area contributed by atoms with Gasteiger partial charge in [0.1, 0.15) is 17.0 Å². The zero-order chi connectivity index (χ0) is 12.3. The van der Waals surface area contributed by atoms with Crippen molar-refractivity contribution in [2.24, 2.45) is 0 Å². The second kappa shape index (κ2) is 4.98. The number of hydrogen-bond acceptors (Lipinski definition) is 5. The molecule has 0 radical (unpaired) electrons. The molecular weight excluding hydrogens is 230 g/mol. The first-order valence-corrected chi connectivity index (χ1v) is 5.05. The molecule has 0 fully saturated rings. The van der Waals surface area contributed by atoms with Gasteiger partial charge in [-0.1, -0.05) is 11.6 Å². The van der Waals surface area contributed by atoms with Crippen molar-refractivity contribution in [3.8, 4) is 0 Å². The highest BCUT2D eigenvalue weighted by Crippen LogP contribution is 2.13. The summed E-state index contributed by atoms with van der Waals surface area (Å²) in [6, 6.07) is 1.11. The number of rotatable bonds is 3. The fraction of sp³-hybridized carbons (Fsp3) is 0.444. The third-order valence-corrected chi connectivity index (χ3v) is 2.08. The number of carbonyl (C=O) groups excluding carboxylic acids is 1. The highest BCUT2D eigenvalue weighted by molar-refractivity contribution is 6.29. The molecule has 3 N–H and O–H groups in total. The quantitative estimate of drug-likeness (QED) is 0.760. The van der Waals surface area contributed by atoms with Crippen LogP contribution in [0.15, 0.2) is 6.07 Å². The normalized spacial score (nSPS) is 12.0. The first kappa shape index (κ1) is 12.5. The number of anilines is 2. The van der Waals surface area contributed by atoms with E-state index in [4.69, 9.17) is 17.3 Å². The van der Waals surface area contributed by atoms with E-state index in [-0.39, 0.29) is 17.0 Å². The van der Waals surface area contributed by atoms with Crippen molar-refractivity contribution in [1.82, 2.24) is 14.9 Å². The maximum atomic E-state index is 11.6. The van der Waals surface area contributed by atoms with Gasteiger partial charge in [0.05, 0.1) is 0 Å². The lowest BCUT2D eigenvalue weighted by Gasteiger charge is -2.18. The molecule has 0 aliphatic rings. The second-order valence-corrected chi connectivity index (χ2v) is 3.92. The summed E-state index contributed by atoms with van der Waals surface area (Å²) < 4.78 is 0. The fourth-order valence-corrected chi connectivity index (χ4v) is 1.37. The molecule has 1 rings (SSSR count). The summed E-state index contributed by atoms with van der Waals surface area (Å²) in [6.45, 7) is 1.73. The van der Waals surface area contributed by atoms with Gasteiger partial charge >= 0.3 is 0 Å². The SMILES string of the molecule is C[C@H](Nc1cc(Cl)nc(N)n1)C(=O)N(C)C. The molecule has 0 bridgehead atoms. The van der Waals surface area contributed by atoms with E-state index in [2.05, 4.69) is 15.3 Å². The summed E-state index contributed by atoms with van der Waals surface area (Å²) in [6.07, 6.45) is 0. The summed E-state index contributed by atoms with van der Waals surface area (Å²) in [4.78, 5) is 20.7. The van der Waals surface area contributed by atoms with E-state index in [0.29, 0.717) is 5.82 Å². The number of nitrogens with zero attached hydrogens (tertiary/aromatic N) is 3. The van der Waals surface area contributed by atoms with Crippen LogP contribution in [0.4, 0.5) is 11.8 Å². The molecule has 6 nitrogen and oxygen atoms in total. The molecule has 0 saturated carbocycles. The molecule has 0 spiro atoms. The maximum absolute atomic E-state index is 11.6. The number of carbonyl (C=O) groups is 1. The van der Waals surface area contributed by atoms with Crippen LogP contribution in [0, 0.1) is 0 Å². The topological polar surface area (TPSA) is 84.1 Å². The van der Waals surface area contributed by atoms with Gasteiger partial charge in [-0.15, -0.1) is 0 Å². The van der Waals surface area contributed by atoms with E-state index in [9.17, 15) is 4.79 Å². The summed E-state index contributed by atoms with van der Waals surface area (Å²) in [5.41, 5.74) is 5.43. The average molecular weight is 244 g/mol. The van der Waals surface area contributed by atoms with Crippen molar-refractivity contribution in [3.63, 3.8) is 0 Å². The number of likely N-dealkylation sites (N-methyl/N-ethyl adjacent to an activating group) is 1. The summed E-state index contributed by atoms with van der Waals surface area (Å²) >= 11 is 5.71. The first-order valence-electron chi connectivity index (χ1n) is 4.68. The number of nitrogens with two attached hydrogens (primary N) is 1. The lowest BCUT2D eigenvalue weighted by Crippen LogP contribution is -2.36. The lowest BCUT2D eigenvalue weighted by atomic mass is 10.3. The van der Waals surface area contributed by atoms with E-state index in [0.717, 1.165) is 0 Å². The van der Waals surface area contributed by atoms with E-state index >= 15 is 0 Å². The molecule has 0 saturated heterocycles. The molecule has 1 amide bonds.